The number of nitro groups is 1. The fourth-order valence-corrected chi connectivity index (χ4v) is 2.44. The third-order valence-electron chi connectivity index (χ3n) is 2.98. The van der Waals surface area contributed by atoms with Crippen molar-refractivity contribution in [3.05, 3.63) is 52.6 Å². The van der Waals surface area contributed by atoms with Crippen molar-refractivity contribution in [2.75, 3.05) is 16.9 Å². The molecule has 0 atom stereocenters. The molecule has 3 N–H and O–H groups in total. The molecule has 0 spiro atoms. The monoisotopic (exact) mass is 351 g/mol. The largest absolute Gasteiger partial charge is 0.506 e. The topological polar surface area (TPSA) is 139 Å². The first-order valence-electron chi connectivity index (χ1n) is 6.52. The standard InChI is InChI=1S/C14H13N3O6S/c1-24(22,23)11-5-2-9(3-6-11)15-14(19)16-12-7-4-10(17(20)21)8-13(12)18/h2-8,18H,1H3,(H2,15,16,19). The summed E-state index contributed by atoms with van der Waals surface area (Å²) in [6.07, 6.45) is 1.07. The van der Waals surface area contributed by atoms with Crippen LogP contribution in [-0.4, -0.2) is 30.7 Å². The van der Waals surface area contributed by atoms with E-state index >= 15 is 0 Å². The van der Waals surface area contributed by atoms with Gasteiger partial charge < -0.3 is 15.7 Å². The van der Waals surface area contributed by atoms with Gasteiger partial charge in [0, 0.05) is 18.0 Å². The summed E-state index contributed by atoms with van der Waals surface area (Å²) in [5, 5.41) is 25.0. The average Bonchev–Trinajstić information content (AvgIpc) is 2.48. The molecule has 0 radical (unpaired) electrons. The van der Waals surface area contributed by atoms with Crippen LogP contribution < -0.4 is 10.6 Å². The number of hydrogen-bond acceptors (Lipinski definition) is 6. The van der Waals surface area contributed by atoms with E-state index in [2.05, 4.69) is 10.6 Å². The van der Waals surface area contributed by atoms with Crippen molar-refractivity contribution in [1.82, 2.24) is 0 Å². The van der Waals surface area contributed by atoms with Crippen LogP contribution in [0.2, 0.25) is 0 Å². The van der Waals surface area contributed by atoms with E-state index in [1.807, 2.05) is 0 Å². The predicted molar refractivity (Wildman–Crippen MR) is 87.0 cm³/mol. The number of benzene rings is 2. The minimum Gasteiger partial charge on any atom is -0.506 e. The minimum atomic E-state index is -3.33. The number of carbonyl (C=O) groups is 1. The summed E-state index contributed by atoms with van der Waals surface area (Å²) in [5.74, 6) is -0.452. The lowest BCUT2D eigenvalue weighted by Gasteiger charge is -2.09. The minimum absolute atomic E-state index is 0.00847. The van der Waals surface area contributed by atoms with Crippen molar-refractivity contribution in [3.63, 3.8) is 0 Å². The molecule has 2 amide bonds. The van der Waals surface area contributed by atoms with Crippen LogP contribution in [0.15, 0.2) is 47.4 Å². The van der Waals surface area contributed by atoms with E-state index in [9.17, 15) is 28.4 Å². The maximum absolute atomic E-state index is 11.8. The van der Waals surface area contributed by atoms with E-state index in [-0.39, 0.29) is 16.3 Å². The van der Waals surface area contributed by atoms with E-state index in [0.29, 0.717) is 5.69 Å². The molecule has 0 heterocycles. The second kappa shape index (κ2) is 6.54. The maximum Gasteiger partial charge on any atom is 0.323 e. The number of phenolic OH excluding ortho intramolecular Hbond substituents is 1. The molecule has 0 aliphatic carbocycles. The summed E-state index contributed by atoms with van der Waals surface area (Å²) >= 11 is 0. The van der Waals surface area contributed by atoms with Gasteiger partial charge in [0.1, 0.15) is 5.75 Å². The highest BCUT2D eigenvalue weighted by Gasteiger charge is 2.12. The Morgan fingerprint density at radius 1 is 1.12 bits per heavy atom. The van der Waals surface area contributed by atoms with E-state index < -0.39 is 26.5 Å². The molecule has 0 fully saturated rings. The Kier molecular flexibility index (Phi) is 4.69. The van der Waals surface area contributed by atoms with E-state index in [0.717, 1.165) is 18.4 Å². The van der Waals surface area contributed by atoms with Gasteiger partial charge in [0.15, 0.2) is 9.84 Å². The molecule has 24 heavy (non-hydrogen) atoms. The summed E-state index contributed by atoms with van der Waals surface area (Å²) in [7, 11) is -3.33. The first kappa shape index (κ1) is 17.2. The van der Waals surface area contributed by atoms with E-state index in [4.69, 9.17) is 0 Å². The van der Waals surface area contributed by atoms with Gasteiger partial charge in [-0.1, -0.05) is 0 Å². The number of nitrogens with zero attached hydrogens (tertiary/aromatic N) is 1. The van der Waals surface area contributed by atoms with Gasteiger partial charge in [0.2, 0.25) is 0 Å². The first-order valence-corrected chi connectivity index (χ1v) is 8.41. The number of carbonyl (C=O) groups excluding carboxylic acids is 1. The molecule has 0 bridgehead atoms. The fourth-order valence-electron chi connectivity index (χ4n) is 1.81. The Hall–Kier alpha value is -3.14. The Bertz CT molecular complexity index is 893. The summed E-state index contributed by atoms with van der Waals surface area (Å²) in [5.41, 5.74) is 0.0157. The zero-order chi connectivity index (χ0) is 17.9. The lowest BCUT2D eigenvalue weighted by atomic mass is 10.2. The van der Waals surface area contributed by atoms with Crippen LogP contribution in [0.3, 0.4) is 0 Å². The summed E-state index contributed by atoms with van der Waals surface area (Å²) < 4.78 is 22.7. The molecule has 0 aromatic heterocycles. The number of non-ortho nitro benzene ring substituents is 1. The maximum atomic E-state index is 11.8. The number of nitrogens with one attached hydrogen (secondary N) is 2. The zero-order valence-electron chi connectivity index (χ0n) is 12.4. The molecule has 0 unspecified atom stereocenters. The second-order valence-electron chi connectivity index (χ2n) is 4.83. The van der Waals surface area contributed by atoms with Gasteiger partial charge in [0.05, 0.1) is 21.6 Å². The van der Waals surface area contributed by atoms with Crippen molar-refractivity contribution >= 4 is 32.9 Å². The quantitative estimate of drug-likeness (QED) is 0.439. The van der Waals surface area contributed by atoms with Crippen LogP contribution in [0.25, 0.3) is 0 Å². The van der Waals surface area contributed by atoms with E-state index in [1.165, 1.54) is 30.3 Å². The van der Waals surface area contributed by atoms with Crippen LogP contribution in [0.5, 0.6) is 5.75 Å². The fraction of sp³-hybridized carbons (Fsp3) is 0.0714. The van der Waals surface area contributed by atoms with Gasteiger partial charge in [-0.2, -0.15) is 0 Å². The van der Waals surface area contributed by atoms with Crippen molar-refractivity contribution in [1.29, 1.82) is 0 Å². The number of hydrogen-bond donors (Lipinski definition) is 3. The molecule has 2 aromatic carbocycles. The van der Waals surface area contributed by atoms with Gasteiger partial charge >= 0.3 is 6.03 Å². The third-order valence-corrected chi connectivity index (χ3v) is 4.11. The second-order valence-corrected chi connectivity index (χ2v) is 6.85. The lowest BCUT2D eigenvalue weighted by molar-refractivity contribution is -0.384. The molecule has 0 aliphatic heterocycles. The molecule has 0 saturated carbocycles. The Labute approximate surface area is 137 Å². The summed E-state index contributed by atoms with van der Waals surface area (Å²) in [6, 6.07) is 8.04. The SMILES string of the molecule is CS(=O)(=O)c1ccc(NC(=O)Nc2ccc([N+](=O)[O-])cc2O)cc1. The van der Waals surface area contributed by atoms with Crippen LogP contribution in [-0.2, 0) is 9.84 Å². The summed E-state index contributed by atoms with van der Waals surface area (Å²) in [6.45, 7) is 0. The van der Waals surface area contributed by atoms with Crippen LogP contribution in [0.1, 0.15) is 0 Å². The Morgan fingerprint density at radius 2 is 1.75 bits per heavy atom. The first-order chi connectivity index (χ1) is 11.2. The third kappa shape index (κ3) is 4.20. The molecule has 2 rings (SSSR count). The van der Waals surface area contributed by atoms with Crippen molar-refractivity contribution in [3.8, 4) is 5.75 Å². The molecule has 0 saturated heterocycles. The number of amides is 2. The van der Waals surface area contributed by atoms with Crippen LogP contribution >= 0.6 is 0 Å². The number of phenols is 1. The summed E-state index contributed by atoms with van der Waals surface area (Å²) in [4.78, 5) is 21.9. The molecule has 2 aromatic rings. The number of nitro benzene ring substituents is 1. The average molecular weight is 351 g/mol. The lowest BCUT2D eigenvalue weighted by Crippen LogP contribution is -2.19. The molecule has 10 heteroatoms. The molecule has 0 aliphatic rings. The highest BCUT2D eigenvalue weighted by atomic mass is 32.2. The Morgan fingerprint density at radius 3 is 2.25 bits per heavy atom. The van der Waals surface area contributed by atoms with Crippen LogP contribution in [0, 0.1) is 10.1 Å². The van der Waals surface area contributed by atoms with Gasteiger partial charge in [-0.05, 0) is 30.3 Å². The zero-order valence-corrected chi connectivity index (χ0v) is 13.2. The number of urea groups is 1. The smallest absolute Gasteiger partial charge is 0.323 e. The van der Waals surface area contributed by atoms with Gasteiger partial charge in [-0.3, -0.25) is 10.1 Å². The number of aromatic hydroxyl groups is 1. The highest BCUT2D eigenvalue weighted by Crippen LogP contribution is 2.28. The van der Waals surface area contributed by atoms with Crippen LogP contribution in [0.4, 0.5) is 21.9 Å². The number of rotatable bonds is 4. The van der Waals surface area contributed by atoms with Gasteiger partial charge in [-0.15, -0.1) is 0 Å². The molecule has 9 nitrogen and oxygen atoms in total. The normalized spacial score (nSPS) is 10.9. The highest BCUT2D eigenvalue weighted by molar-refractivity contribution is 7.90. The number of sulfone groups is 1. The van der Waals surface area contributed by atoms with Gasteiger partial charge in [-0.25, -0.2) is 13.2 Å². The van der Waals surface area contributed by atoms with Crippen molar-refractivity contribution < 1.29 is 23.2 Å². The van der Waals surface area contributed by atoms with E-state index in [1.54, 1.807) is 0 Å². The van der Waals surface area contributed by atoms with Crippen molar-refractivity contribution in [2.45, 2.75) is 4.90 Å². The van der Waals surface area contributed by atoms with Gasteiger partial charge in [0.25, 0.3) is 5.69 Å². The molecule has 126 valence electrons. The molecular weight excluding hydrogens is 338 g/mol. The predicted octanol–water partition coefficient (Wildman–Crippen LogP) is 2.35. The Balaban J connectivity index is 2.07. The van der Waals surface area contributed by atoms with Crippen molar-refractivity contribution in [2.24, 2.45) is 0 Å². The molecular formula is C14H13N3O6S. The number of anilines is 2.